The molecule has 4 rings (SSSR count). The fourth-order valence-corrected chi connectivity index (χ4v) is 4.14. The molecule has 0 amide bonds. The van der Waals surface area contributed by atoms with E-state index in [9.17, 15) is 0 Å². The molecule has 0 saturated heterocycles. The highest BCUT2D eigenvalue weighted by Crippen LogP contribution is 2.31. The van der Waals surface area contributed by atoms with Crippen LogP contribution in [0, 0.1) is 11.8 Å². The molecule has 6 heteroatoms. The summed E-state index contributed by atoms with van der Waals surface area (Å²) < 4.78 is 10.7. The van der Waals surface area contributed by atoms with Gasteiger partial charge in [0.2, 0.25) is 0 Å². The first kappa shape index (κ1) is 22.2. The maximum atomic E-state index is 5.36. The molecule has 0 aliphatic carbocycles. The van der Waals surface area contributed by atoms with Crippen LogP contribution < -0.4 is 19.3 Å². The molecule has 0 saturated carbocycles. The van der Waals surface area contributed by atoms with Crippen molar-refractivity contribution in [3.8, 4) is 11.5 Å². The summed E-state index contributed by atoms with van der Waals surface area (Å²) in [5.74, 6) is 4.51. The second kappa shape index (κ2) is 9.23. The van der Waals surface area contributed by atoms with Gasteiger partial charge in [0.25, 0.3) is 0 Å². The standard InChI is InChI=1S/C26H34N4O2/c1-17(2)23-15-29(19-7-11-21(31-5)12-8-19)25(27-23)26-28-24(18(3)4)16-30(26)20-9-13-22(32-6)14-10-20/h7-14,17-18,23-24H,15-16H2,1-6H3/t23-,24+. The van der Waals surface area contributed by atoms with E-state index >= 15 is 0 Å². The first-order valence-electron chi connectivity index (χ1n) is 11.4. The summed E-state index contributed by atoms with van der Waals surface area (Å²) in [5.41, 5.74) is 2.22. The Kier molecular flexibility index (Phi) is 6.40. The number of hydrogen-bond donors (Lipinski definition) is 0. The molecule has 0 unspecified atom stereocenters. The third kappa shape index (κ3) is 4.31. The average Bonchev–Trinajstić information content (AvgIpc) is 3.44. The molecule has 2 aromatic rings. The van der Waals surface area contributed by atoms with Gasteiger partial charge in [-0.1, -0.05) is 27.7 Å². The molecule has 32 heavy (non-hydrogen) atoms. The predicted octanol–water partition coefficient (Wildman–Crippen LogP) is 4.89. The largest absolute Gasteiger partial charge is 0.497 e. The van der Waals surface area contributed by atoms with Gasteiger partial charge in [0.05, 0.1) is 26.3 Å². The van der Waals surface area contributed by atoms with Gasteiger partial charge in [0.15, 0.2) is 11.7 Å². The van der Waals surface area contributed by atoms with Crippen molar-refractivity contribution < 1.29 is 9.47 Å². The van der Waals surface area contributed by atoms with Gasteiger partial charge < -0.3 is 19.3 Å². The third-order valence-corrected chi connectivity index (χ3v) is 6.33. The lowest BCUT2D eigenvalue weighted by atomic mass is 10.1. The van der Waals surface area contributed by atoms with E-state index < -0.39 is 0 Å². The molecule has 0 bridgehead atoms. The van der Waals surface area contributed by atoms with Gasteiger partial charge in [-0.15, -0.1) is 0 Å². The molecule has 2 aliphatic rings. The predicted molar refractivity (Wildman–Crippen MR) is 133 cm³/mol. The lowest BCUT2D eigenvalue weighted by Gasteiger charge is -2.27. The Morgan fingerprint density at radius 1 is 0.656 bits per heavy atom. The summed E-state index contributed by atoms with van der Waals surface area (Å²) in [4.78, 5) is 15.0. The van der Waals surface area contributed by atoms with Crippen molar-refractivity contribution in [3.63, 3.8) is 0 Å². The number of hydrogen-bond acceptors (Lipinski definition) is 6. The summed E-state index contributed by atoms with van der Waals surface area (Å²) in [7, 11) is 3.39. The molecular formula is C26H34N4O2. The molecular weight excluding hydrogens is 400 g/mol. The van der Waals surface area contributed by atoms with Crippen LogP contribution in [0.15, 0.2) is 58.5 Å². The van der Waals surface area contributed by atoms with E-state index in [0.29, 0.717) is 11.8 Å². The molecule has 0 radical (unpaired) electrons. The second-order valence-corrected chi connectivity index (χ2v) is 9.15. The van der Waals surface area contributed by atoms with Crippen molar-refractivity contribution in [2.75, 3.05) is 37.1 Å². The number of aliphatic imine (C=N–C) groups is 2. The molecule has 0 spiro atoms. The van der Waals surface area contributed by atoms with Gasteiger partial charge in [-0.2, -0.15) is 0 Å². The minimum absolute atomic E-state index is 0.227. The summed E-state index contributed by atoms with van der Waals surface area (Å²) in [6, 6.07) is 16.9. The number of methoxy groups -OCH3 is 2. The lowest BCUT2D eigenvalue weighted by molar-refractivity contribution is 0.414. The lowest BCUT2D eigenvalue weighted by Crippen LogP contribution is -2.42. The molecule has 2 heterocycles. The van der Waals surface area contributed by atoms with Crippen LogP contribution in [0.2, 0.25) is 0 Å². The van der Waals surface area contributed by atoms with Gasteiger partial charge >= 0.3 is 0 Å². The Balaban J connectivity index is 1.74. The van der Waals surface area contributed by atoms with E-state index in [-0.39, 0.29) is 12.1 Å². The molecule has 2 aromatic carbocycles. The van der Waals surface area contributed by atoms with Gasteiger partial charge in [0.1, 0.15) is 11.5 Å². The minimum Gasteiger partial charge on any atom is -0.497 e. The number of nitrogens with zero attached hydrogens (tertiary/aromatic N) is 4. The van der Waals surface area contributed by atoms with E-state index in [1.807, 2.05) is 24.3 Å². The van der Waals surface area contributed by atoms with Crippen LogP contribution in [0.5, 0.6) is 11.5 Å². The van der Waals surface area contributed by atoms with Crippen molar-refractivity contribution in [2.24, 2.45) is 21.8 Å². The summed E-state index contributed by atoms with van der Waals surface area (Å²) in [6.07, 6.45) is 0. The van der Waals surface area contributed by atoms with Crippen LogP contribution in [-0.2, 0) is 0 Å². The molecule has 0 fully saturated rings. The topological polar surface area (TPSA) is 49.7 Å². The van der Waals surface area contributed by atoms with Crippen LogP contribution in [-0.4, -0.2) is 51.1 Å². The summed E-state index contributed by atoms with van der Waals surface area (Å²) in [6.45, 7) is 10.6. The van der Waals surface area contributed by atoms with Crippen LogP contribution in [0.1, 0.15) is 27.7 Å². The van der Waals surface area contributed by atoms with E-state index in [2.05, 4.69) is 61.8 Å². The maximum Gasteiger partial charge on any atom is 0.172 e. The zero-order chi connectivity index (χ0) is 22.8. The van der Waals surface area contributed by atoms with E-state index in [0.717, 1.165) is 47.6 Å². The summed E-state index contributed by atoms with van der Waals surface area (Å²) in [5, 5.41) is 0. The molecule has 170 valence electrons. The van der Waals surface area contributed by atoms with E-state index in [1.165, 1.54) is 0 Å². The number of ether oxygens (including phenoxy) is 2. The fraction of sp³-hybridized carbons (Fsp3) is 0.462. The highest BCUT2D eigenvalue weighted by Gasteiger charge is 2.38. The first-order chi connectivity index (χ1) is 15.4. The van der Waals surface area contributed by atoms with Crippen molar-refractivity contribution in [3.05, 3.63) is 48.5 Å². The van der Waals surface area contributed by atoms with Gasteiger partial charge in [-0.3, -0.25) is 9.98 Å². The van der Waals surface area contributed by atoms with Gasteiger partial charge in [0, 0.05) is 24.5 Å². The maximum absolute atomic E-state index is 5.36. The number of rotatable bonds is 7. The van der Waals surface area contributed by atoms with Crippen molar-refractivity contribution in [1.82, 2.24) is 0 Å². The quantitative estimate of drug-likeness (QED) is 0.623. The zero-order valence-electron chi connectivity index (χ0n) is 19.9. The molecule has 2 aliphatic heterocycles. The van der Waals surface area contributed by atoms with Crippen molar-refractivity contribution in [2.45, 2.75) is 39.8 Å². The van der Waals surface area contributed by atoms with Crippen molar-refractivity contribution in [1.29, 1.82) is 0 Å². The monoisotopic (exact) mass is 434 g/mol. The highest BCUT2D eigenvalue weighted by molar-refractivity contribution is 6.50. The number of anilines is 2. The number of benzene rings is 2. The Morgan fingerprint density at radius 2 is 1.00 bits per heavy atom. The Labute approximate surface area is 191 Å². The van der Waals surface area contributed by atoms with Gasteiger partial charge in [-0.05, 0) is 60.4 Å². The highest BCUT2D eigenvalue weighted by atomic mass is 16.5. The normalized spacial score (nSPS) is 20.8. The Hall–Kier alpha value is -3.02. The average molecular weight is 435 g/mol. The third-order valence-electron chi connectivity index (χ3n) is 6.33. The van der Waals surface area contributed by atoms with Gasteiger partial charge in [-0.25, -0.2) is 0 Å². The summed E-state index contributed by atoms with van der Waals surface area (Å²) >= 11 is 0. The molecule has 0 aromatic heterocycles. The minimum atomic E-state index is 0.227. The SMILES string of the molecule is COc1ccc(N2C[C@@H](C(C)C)N=C2C2=N[C@@H](C(C)C)CN2c2ccc(OC)cc2)cc1. The van der Waals surface area contributed by atoms with Crippen LogP contribution in [0.25, 0.3) is 0 Å². The zero-order valence-corrected chi connectivity index (χ0v) is 19.9. The van der Waals surface area contributed by atoms with Crippen molar-refractivity contribution >= 4 is 23.0 Å². The number of amidine groups is 2. The molecule has 6 nitrogen and oxygen atoms in total. The Bertz CT molecular complexity index is 898. The van der Waals surface area contributed by atoms with Crippen LogP contribution in [0.4, 0.5) is 11.4 Å². The smallest absolute Gasteiger partial charge is 0.172 e. The van der Waals surface area contributed by atoms with Crippen LogP contribution >= 0.6 is 0 Å². The first-order valence-corrected chi connectivity index (χ1v) is 11.4. The molecule has 0 N–H and O–H groups in total. The second-order valence-electron chi connectivity index (χ2n) is 9.15. The van der Waals surface area contributed by atoms with Crippen LogP contribution in [0.3, 0.4) is 0 Å². The Morgan fingerprint density at radius 3 is 1.28 bits per heavy atom. The van der Waals surface area contributed by atoms with E-state index in [1.54, 1.807) is 14.2 Å². The molecule has 2 atom stereocenters. The fourth-order valence-electron chi connectivity index (χ4n) is 4.14. The van der Waals surface area contributed by atoms with E-state index in [4.69, 9.17) is 19.5 Å².